The highest BCUT2D eigenvalue weighted by atomic mass is 79.9. The second kappa shape index (κ2) is 7.81. The minimum absolute atomic E-state index is 0.0944. The first-order chi connectivity index (χ1) is 8.52. The van der Waals surface area contributed by atoms with Crippen LogP contribution in [0.25, 0.3) is 0 Å². The Morgan fingerprint density at radius 1 is 1.22 bits per heavy atom. The summed E-state index contributed by atoms with van der Waals surface area (Å²) in [5, 5.41) is 3.06. The fourth-order valence-corrected chi connectivity index (χ4v) is 1.99. The van der Waals surface area contributed by atoms with Gasteiger partial charge in [-0.1, -0.05) is 0 Å². The molecule has 0 amide bonds. The summed E-state index contributed by atoms with van der Waals surface area (Å²) in [6.07, 6.45) is 2.07. The molecule has 1 aromatic rings. The molecule has 5 heteroatoms. The van der Waals surface area contributed by atoms with Gasteiger partial charge in [-0.25, -0.2) is 8.78 Å². The molecule has 0 saturated carbocycles. The minimum atomic E-state index is -0.518. The second-order valence-corrected chi connectivity index (χ2v) is 5.36. The van der Waals surface area contributed by atoms with Gasteiger partial charge >= 0.3 is 0 Å². The molecule has 0 spiro atoms. The van der Waals surface area contributed by atoms with Crippen molar-refractivity contribution in [3.63, 3.8) is 0 Å². The van der Waals surface area contributed by atoms with E-state index in [1.54, 1.807) is 0 Å². The number of nitrogens with zero attached hydrogens (tertiary/aromatic N) is 1. The van der Waals surface area contributed by atoms with E-state index in [1.807, 2.05) is 14.1 Å². The van der Waals surface area contributed by atoms with E-state index in [9.17, 15) is 8.78 Å². The van der Waals surface area contributed by atoms with Gasteiger partial charge in [0.25, 0.3) is 0 Å². The van der Waals surface area contributed by atoms with Gasteiger partial charge in [0.05, 0.1) is 4.47 Å². The van der Waals surface area contributed by atoms with Gasteiger partial charge in [-0.2, -0.15) is 0 Å². The van der Waals surface area contributed by atoms with Crippen molar-refractivity contribution in [1.82, 2.24) is 10.2 Å². The lowest BCUT2D eigenvalue weighted by molar-refractivity contribution is 0.391. The highest BCUT2D eigenvalue weighted by Crippen LogP contribution is 2.21. The normalized spacial score (nSPS) is 11.2. The Morgan fingerprint density at radius 3 is 2.61 bits per heavy atom. The number of rotatable bonds is 7. The molecule has 0 aromatic heterocycles. The average Bonchev–Trinajstić information content (AvgIpc) is 2.32. The van der Waals surface area contributed by atoms with Crippen LogP contribution in [0.15, 0.2) is 16.6 Å². The van der Waals surface area contributed by atoms with Crippen molar-refractivity contribution < 1.29 is 8.78 Å². The Labute approximate surface area is 115 Å². The molecular weight excluding hydrogens is 302 g/mol. The standard InChI is InChI=1S/C13H19BrF2N2/c1-18(2)8-4-3-7-17-9-10-12(15)6-5-11(14)13(10)16/h5-6,17H,3-4,7-9H2,1-2H3. The molecule has 1 aromatic carbocycles. The van der Waals surface area contributed by atoms with Crippen LogP contribution in [0, 0.1) is 11.6 Å². The van der Waals surface area contributed by atoms with E-state index in [-0.39, 0.29) is 12.1 Å². The molecule has 0 atom stereocenters. The lowest BCUT2D eigenvalue weighted by Crippen LogP contribution is -2.19. The molecule has 102 valence electrons. The maximum absolute atomic E-state index is 13.6. The highest BCUT2D eigenvalue weighted by Gasteiger charge is 2.11. The third-order valence-corrected chi connectivity index (χ3v) is 3.26. The van der Waals surface area contributed by atoms with Crippen LogP contribution < -0.4 is 5.32 Å². The summed E-state index contributed by atoms with van der Waals surface area (Å²) in [6, 6.07) is 2.65. The molecule has 0 aliphatic rings. The summed E-state index contributed by atoms with van der Waals surface area (Å²) in [5.41, 5.74) is 0.0944. The van der Waals surface area contributed by atoms with Crippen molar-refractivity contribution in [2.24, 2.45) is 0 Å². The number of benzene rings is 1. The van der Waals surface area contributed by atoms with Crippen molar-refractivity contribution in [3.05, 3.63) is 33.8 Å². The lowest BCUT2D eigenvalue weighted by atomic mass is 10.2. The van der Waals surface area contributed by atoms with Gasteiger partial charge in [-0.15, -0.1) is 0 Å². The topological polar surface area (TPSA) is 15.3 Å². The Bertz CT molecular complexity index is 383. The zero-order chi connectivity index (χ0) is 13.5. The summed E-state index contributed by atoms with van der Waals surface area (Å²) in [5.74, 6) is -1.02. The SMILES string of the molecule is CN(C)CCCCNCc1c(F)ccc(Br)c1F. The van der Waals surface area contributed by atoms with Crippen LogP contribution in [0.4, 0.5) is 8.78 Å². The molecule has 0 unspecified atom stereocenters. The van der Waals surface area contributed by atoms with Crippen LogP contribution >= 0.6 is 15.9 Å². The van der Waals surface area contributed by atoms with Crippen LogP contribution in [0.1, 0.15) is 18.4 Å². The fraction of sp³-hybridized carbons (Fsp3) is 0.538. The van der Waals surface area contributed by atoms with Crippen molar-refractivity contribution in [2.75, 3.05) is 27.2 Å². The molecule has 0 bridgehead atoms. The quantitative estimate of drug-likeness (QED) is 0.613. The van der Waals surface area contributed by atoms with E-state index in [2.05, 4.69) is 26.1 Å². The number of unbranched alkanes of at least 4 members (excludes halogenated alkanes) is 1. The summed E-state index contributed by atoms with van der Waals surface area (Å²) in [6.45, 7) is 2.01. The first kappa shape index (κ1) is 15.5. The smallest absolute Gasteiger partial charge is 0.144 e. The zero-order valence-electron chi connectivity index (χ0n) is 10.8. The number of hydrogen-bond donors (Lipinski definition) is 1. The van der Waals surface area contributed by atoms with Crippen molar-refractivity contribution in [2.45, 2.75) is 19.4 Å². The van der Waals surface area contributed by atoms with Crippen LogP contribution in [0.3, 0.4) is 0 Å². The van der Waals surface area contributed by atoms with Crippen molar-refractivity contribution >= 4 is 15.9 Å². The average molecular weight is 321 g/mol. The summed E-state index contributed by atoms with van der Waals surface area (Å²) in [4.78, 5) is 2.12. The van der Waals surface area contributed by atoms with Gasteiger partial charge < -0.3 is 10.2 Å². The van der Waals surface area contributed by atoms with Gasteiger partial charge in [0.15, 0.2) is 0 Å². The summed E-state index contributed by atoms with van der Waals surface area (Å²) < 4.78 is 27.3. The summed E-state index contributed by atoms with van der Waals surface area (Å²) in [7, 11) is 4.05. The lowest BCUT2D eigenvalue weighted by Gasteiger charge is -2.10. The molecule has 0 aliphatic carbocycles. The molecule has 0 aliphatic heterocycles. The van der Waals surface area contributed by atoms with E-state index in [0.717, 1.165) is 25.9 Å². The van der Waals surface area contributed by atoms with E-state index < -0.39 is 11.6 Å². The molecule has 0 radical (unpaired) electrons. The monoisotopic (exact) mass is 320 g/mol. The van der Waals surface area contributed by atoms with Gasteiger partial charge in [-0.3, -0.25) is 0 Å². The Kier molecular flexibility index (Phi) is 6.75. The van der Waals surface area contributed by atoms with Crippen molar-refractivity contribution in [3.8, 4) is 0 Å². The molecular formula is C13H19BrF2N2. The molecule has 1 rings (SSSR count). The second-order valence-electron chi connectivity index (χ2n) is 4.51. The van der Waals surface area contributed by atoms with Gasteiger partial charge in [0, 0.05) is 12.1 Å². The number of halogens is 3. The predicted molar refractivity (Wildman–Crippen MR) is 73.6 cm³/mol. The van der Waals surface area contributed by atoms with Gasteiger partial charge in [0.2, 0.25) is 0 Å². The third-order valence-electron chi connectivity index (χ3n) is 2.65. The molecule has 0 heterocycles. The Morgan fingerprint density at radius 2 is 1.94 bits per heavy atom. The maximum Gasteiger partial charge on any atom is 0.144 e. The Hall–Kier alpha value is -0.520. The predicted octanol–water partition coefficient (Wildman–Crippen LogP) is 3.16. The van der Waals surface area contributed by atoms with E-state index in [0.29, 0.717) is 4.47 Å². The van der Waals surface area contributed by atoms with Crippen molar-refractivity contribution in [1.29, 1.82) is 0 Å². The van der Waals surface area contributed by atoms with Gasteiger partial charge in [0.1, 0.15) is 11.6 Å². The van der Waals surface area contributed by atoms with Gasteiger partial charge in [-0.05, 0) is 68.1 Å². The molecule has 0 saturated heterocycles. The maximum atomic E-state index is 13.6. The summed E-state index contributed by atoms with van der Waals surface area (Å²) >= 11 is 3.06. The fourth-order valence-electron chi connectivity index (χ4n) is 1.62. The highest BCUT2D eigenvalue weighted by molar-refractivity contribution is 9.10. The minimum Gasteiger partial charge on any atom is -0.312 e. The molecule has 18 heavy (non-hydrogen) atoms. The zero-order valence-corrected chi connectivity index (χ0v) is 12.4. The van der Waals surface area contributed by atoms with E-state index in [1.165, 1.54) is 12.1 Å². The molecule has 2 nitrogen and oxygen atoms in total. The number of nitrogens with one attached hydrogen (secondary N) is 1. The molecule has 0 fully saturated rings. The Balaban J connectivity index is 2.33. The van der Waals surface area contributed by atoms with Crippen LogP contribution in [-0.2, 0) is 6.54 Å². The first-order valence-corrected chi connectivity index (χ1v) is 6.79. The third kappa shape index (κ3) is 5.00. The van der Waals surface area contributed by atoms with Crippen LogP contribution in [0.5, 0.6) is 0 Å². The first-order valence-electron chi connectivity index (χ1n) is 6.00. The largest absolute Gasteiger partial charge is 0.312 e. The van der Waals surface area contributed by atoms with E-state index in [4.69, 9.17) is 0 Å². The molecule has 1 N–H and O–H groups in total. The van der Waals surface area contributed by atoms with Crippen LogP contribution in [-0.4, -0.2) is 32.1 Å². The number of hydrogen-bond acceptors (Lipinski definition) is 2. The van der Waals surface area contributed by atoms with Crippen LogP contribution in [0.2, 0.25) is 0 Å². The van der Waals surface area contributed by atoms with E-state index >= 15 is 0 Å².